The minimum absolute atomic E-state index is 0.134. The molecule has 2 rings (SSSR count). The van der Waals surface area contributed by atoms with E-state index >= 15 is 0 Å². The number of amides is 1. The number of aromatic nitrogens is 1. The molecule has 1 amide bonds. The van der Waals surface area contributed by atoms with Crippen LogP contribution in [0.4, 0.5) is 0 Å². The lowest BCUT2D eigenvalue weighted by Gasteiger charge is -2.12. The molecule has 2 aromatic rings. The zero-order valence-corrected chi connectivity index (χ0v) is 12.4. The zero-order valence-electron chi connectivity index (χ0n) is 12.4. The highest BCUT2D eigenvalue weighted by Crippen LogP contribution is 2.12. The fraction of sp³-hybridized carbons (Fsp3) is 0.375. The molecule has 0 saturated carbocycles. The van der Waals surface area contributed by atoms with Crippen LogP contribution in [0.25, 0.3) is 0 Å². The first-order valence-corrected chi connectivity index (χ1v) is 7.07. The summed E-state index contributed by atoms with van der Waals surface area (Å²) in [6, 6.07) is 9.23. The highest BCUT2D eigenvalue weighted by molar-refractivity contribution is 5.81. The third kappa shape index (κ3) is 4.16. The monoisotopic (exact) mass is 287 g/mol. The SMILES string of the molecule is Cc1noc(C)c1CCNC(=O)[C@@H](N)Cc1ccccc1. The van der Waals surface area contributed by atoms with Crippen molar-refractivity contribution in [1.29, 1.82) is 0 Å². The van der Waals surface area contributed by atoms with E-state index in [2.05, 4.69) is 10.5 Å². The minimum Gasteiger partial charge on any atom is -0.361 e. The standard InChI is InChI=1S/C16H21N3O2/c1-11-14(12(2)21-19-11)8-9-18-16(20)15(17)10-13-6-4-3-5-7-13/h3-7,15H,8-10,17H2,1-2H3,(H,18,20)/t15-/m0/s1. The second-order valence-electron chi connectivity index (χ2n) is 5.14. The van der Waals surface area contributed by atoms with Crippen LogP contribution in [0.3, 0.4) is 0 Å². The molecule has 0 unspecified atom stereocenters. The Kier molecular flexibility index (Phi) is 5.11. The fourth-order valence-corrected chi connectivity index (χ4v) is 2.26. The first-order valence-electron chi connectivity index (χ1n) is 7.07. The molecule has 112 valence electrons. The molecule has 1 atom stereocenters. The third-order valence-electron chi connectivity index (χ3n) is 3.49. The molecule has 0 fully saturated rings. The van der Waals surface area contributed by atoms with E-state index in [1.54, 1.807) is 0 Å². The van der Waals surface area contributed by atoms with E-state index in [0.29, 0.717) is 19.4 Å². The Bertz CT molecular complexity index is 573. The zero-order chi connectivity index (χ0) is 15.2. The average molecular weight is 287 g/mol. The number of hydrogen-bond acceptors (Lipinski definition) is 4. The maximum absolute atomic E-state index is 12.0. The van der Waals surface area contributed by atoms with Crippen molar-refractivity contribution in [2.24, 2.45) is 5.73 Å². The second-order valence-corrected chi connectivity index (χ2v) is 5.14. The summed E-state index contributed by atoms with van der Waals surface area (Å²) < 4.78 is 5.09. The number of carbonyl (C=O) groups is 1. The van der Waals surface area contributed by atoms with Crippen molar-refractivity contribution in [3.8, 4) is 0 Å². The quantitative estimate of drug-likeness (QED) is 0.844. The van der Waals surface area contributed by atoms with Gasteiger partial charge in [0.2, 0.25) is 5.91 Å². The van der Waals surface area contributed by atoms with Crippen molar-refractivity contribution in [2.75, 3.05) is 6.54 Å². The third-order valence-corrected chi connectivity index (χ3v) is 3.49. The lowest BCUT2D eigenvalue weighted by molar-refractivity contribution is -0.122. The van der Waals surface area contributed by atoms with E-state index in [0.717, 1.165) is 22.6 Å². The predicted molar refractivity (Wildman–Crippen MR) is 80.8 cm³/mol. The molecule has 0 saturated heterocycles. The number of nitrogens with zero attached hydrogens (tertiary/aromatic N) is 1. The molecular weight excluding hydrogens is 266 g/mol. The molecular formula is C16H21N3O2. The van der Waals surface area contributed by atoms with Crippen LogP contribution in [0.5, 0.6) is 0 Å². The molecule has 5 nitrogen and oxygen atoms in total. The maximum Gasteiger partial charge on any atom is 0.237 e. The van der Waals surface area contributed by atoms with E-state index in [1.165, 1.54) is 0 Å². The number of nitrogens with one attached hydrogen (secondary N) is 1. The Balaban J connectivity index is 1.79. The van der Waals surface area contributed by atoms with E-state index < -0.39 is 6.04 Å². The van der Waals surface area contributed by atoms with E-state index in [4.69, 9.17) is 10.3 Å². The molecule has 0 aliphatic carbocycles. The first kappa shape index (κ1) is 15.3. The van der Waals surface area contributed by atoms with Crippen LogP contribution in [0.2, 0.25) is 0 Å². The Hall–Kier alpha value is -2.14. The van der Waals surface area contributed by atoms with Gasteiger partial charge >= 0.3 is 0 Å². The molecule has 1 heterocycles. The summed E-state index contributed by atoms with van der Waals surface area (Å²) in [5, 5.41) is 6.75. The van der Waals surface area contributed by atoms with Gasteiger partial charge in [0, 0.05) is 12.1 Å². The Morgan fingerprint density at radius 3 is 2.67 bits per heavy atom. The van der Waals surface area contributed by atoms with Gasteiger partial charge in [-0.2, -0.15) is 0 Å². The van der Waals surface area contributed by atoms with Gasteiger partial charge in [0.25, 0.3) is 0 Å². The largest absolute Gasteiger partial charge is 0.361 e. The van der Waals surface area contributed by atoms with Gasteiger partial charge in [0.15, 0.2) is 0 Å². The van der Waals surface area contributed by atoms with Crippen molar-refractivity contribution in [3.63, 3.8) is 0 Å². The molecule has 0 radical (unpaired) electrons. The Morgan fingerprint density at radius 2 is 2.05 bits per heavy atom. The van der Waals surface area contributed by atoms with Gasteiger partial charge in [-0.1, -0.05) is 35.5 Å². The van der Waals surface area contributed by atoms with E-state index in [-0.39, 0.29) is 5.91 Å². The van der Waals surface area contributed by atoms with Gasteiger partial charge in [0.05, 0.1) is 11.7 Å². The summed E-state index contributed by atoms with van der Waals surface area (Å²) in [6.45, 7) is 4.30. The Morgan fingerprint density at radius 1 is 1.33 bits per heavy atom. The number of rotatable bonds is 6. The van der Waals surface area contributed by atoms with Crippen molar-refractivity contribution < 1.29 is 9.32 Å². The first-order chi connectivity index (χ1) is 10.1. The van der Waals surface area contributed by atoms with Gasteiger partial charge in [-0.15, -0.1) is 0 Å². The van der Waals surface area contributed by atoms with Gasteiger partial charge in [-0.3, -0.25) is 4.79 Å². The number of hydrogen-bond donors (Lipinski definition) is 2. The number of nitrogens with two attached hydrogens (primary N) is 1. The number of benzene rings is 1. The summed E-state index contributed by atoms with van der Waals surface area (Å²) in [7, 11) is 0. The van der Waals surface area contributed by atoms with E-state index in [9.17, 15) is 4.79 Å². The maximum atomic E-state index is 12.0. The van der Waals surface area contributed by atoms with Crippen LogP contribution >= 0.6 is 0 Å². The fourth-order valence-electron chi connectivity index (χ4n) is 2.26. The average Bonchev–Trinajstić information content (AvgIpc) is 2.80. The van der Waals surface area contributed by atoms with Crippen LogP contribution in [-0.2, 0) is 17.6 Å². The normalized spacial score (nSPS) is 12.1. The molecule has 0 bridgehead atoms. The lowest BCUT2D eigenvalue weighted by Crippen LogP contribution is -2.42. The van der Waals surface area contributed by atoms with Crippen molar-refractivity contribution >= 4 is 5.91 Å². The molecule has 0 aliphatic heterocycles. The molecule has 1 aromatic heterocycles. The van der Waals surface area contributed by atoms with Crippen LogP contribution in [0.15, 0.2) is 34.9 Å². The minimum atomic E-state index is -0.530. The number of carbonyl (C=O) groups excluding carboxylic acids is 1. The molecule has 1 aromatic carbocycles. The molecule has 0 aliphatic rings. The lowest BCUT2D eigenvalue weighted by atomic mass is 10.1. The van der Waals surface area contributed by atoms with Crippen LogP contribution in [0, 0.1) is 13.8 Å². The summed E-state index contributed by atoms with van der Waals surface area (Å²) >= 11 is 0. The van der Waals surface area contributed by atoms with Gasteiger partial charge in [-0.25, -0.2) is 0 Å². The van der Waals surface area contributed by atoms with Crippen molar-refractivity contribution in [2.45, 2.75) is 32.7 Å². The highest BCUT2D eigenvalue weighted by atomic mass is 16.5. The van der Waals surface area contributed by atoms with Crippen LogP contribution in [-0.4, -0.2) is 23.7 Å². The predicted octanol–water partition coefficient (Wildman–Crippen LogP) is 1.52. The van der Waals surface area contributed by atoms with Gasteiger partial charge < -0.3 is 15.6 Å². The van der Waals surface area contributed by atoms with Crippen molar-refractivity contribution in [3.05, 3.63) is 52.9 Å². The number of aryl methyl sites for hydroxylation is 2. The summed E-state index contributed by atoms with van der Waals surface area (Å²) in [4.78, 5) is 12.0. The molecule has 5 heteroatoms. The molecule has 0 spiro atoms. The smallest absolute Gasteiger partial charge is 0.237 e. The van der Waals surface area contributed by atoms with Crippen LogP contribution in [0.1, 0.15) is 22.6 Å². The summed E-state index contributed by atoms with van der Waals surface area (Å²) in [5.41, 5.74) is 8.91. The molecule has 3 N–H and O–H groups in total. The molecule has 21 heavy (non-hydrogen) atoms. The second kappa shape index (κ2) is 7.04. The van der Waals surface area contributed by atoms with Gasteiger partial charge in [0.1, 0.15) is 5.76 Å². The summed E-state index contributed by atoms with van der Waals surface area (Å²) in [5.74, 6) is 0.668. The Labute approximate surface area is 124 Å². The van der Waals surface area contributed by atoms with Gasteiger partial charge in [-0.05, 0) is 32.3 Å². The highest BCUT2D eigenvalue weighted by Gasteiger charge is 2.14. The topological polar surface area (TPSA) is 81.2 Å². The van der Waals surface area contributed by atoms with E-state index in [1.807, 2.05) is 44.2 Å². The summed E-state index contributed by atoms with van der Waals surface area (Å²) in [6.07, 6.45) is 1.24. The van der Waals surface area contributed by atoms with Crippen LogP contribution < -0.4 is 11.1 Å². The van der Waals surface area contributed by atoms with Crippen molar-refractivity contribution in [1.82, 2.24) is 10.5 Å².